The van der Waals surface area contributed by atoms with Crippen LogP contribution >= 0.6 is 22.7 Å². The molecule has 1 atom stereocenters. The Bertz CT molecular complexity index is 2810. The van der Waals surface area contributed by atoms with Gasteiger partial charge in [0, 0.05) is 53.2 Å². The van der Waals surface area contributed by atoms with Gasteiger partial charge in [-0.2, -0.15) is 4.31 Å². The second-order valence-corrected chi connectivity index (χ2v) is 18.1. The van der Waals surface area contributed by atoms with Crippen LogP contribution in [0.15, 0.2) is 114 Å². The Morgan fingerprint density at radius 2 is 1.59 bits per heavy atom. The molecule has 0 amide bonds. The standard InChI is InChI=1S/C44H38N4O5S3/c1-27(49)28(2)52-31-21-23-48(24-22-31)56(50,51)41-14-8-3-9-34(41)43-32-18-15-29(16-20-42-46-35-10-4-6-12-39(35)54-42)25-37(32)53-38-26-30(17-19-33(38)43)45-44-47-36-11-5-7-13-40(36)55-44/h3-19,25-26,28,31H,20-24H2,1-2H3,(H,45,47)/b29-16+. The molecule has 0 bridgehead atoms. The molecule has 9 nitrogen and oxygen atoms in total. The van der Waals surface area contributed by atoms with E-state index in [1.165, 1.54) is 11.2 Å². The van der Waals surface area contributed by atoms with Crippen molar-refractivity contribution in [1.29, 1.82) is 0 Å². The van der Waals surface area contributed by atoms with E-state index in [1.54, 1.807) is 41.7 Å². The quantitative estimate of drug-likeness (QED) is 0.148. The van der Waals surface area contributed by atoms with Gasteiger partial charge in [-0.15, -0.1) is 11.3 Å². The number of sulfonamides is 1. The average molecular weight is 799 g/mol. The molecule has 2 aliphatic heterocycles. The molecule has 1 N–H and O–H groups in total. The molecule has 1 fully saturated rings. The molecule has 0 saturated carbocycles. The monoisotopic (exact) mass is 798 g/mol. The molecule has 12 heteroatoms. The van der Waals surface area contributed by atoms with Gasteiger partial charge in [0.25, 0.3) is 0 Å². The van der Waals surface area contributed by atoms with Gasteiger partial charge in [-0.3, -0.25) is 4.79 Å². The first-order chi connectivity index (χ1) is 27.2. The first kappa shape index (κ1) is 36.4. The maximum absolute atomic E-state index is 14.5. The Hall–Kier alpha value is -5.24. The lowest BCUT2D eigenvalue weighted by Gasteiger charge is -2.33. The van der Waals surface area contributed by atoms with E-state index in [1.807, 2.05) is 91.0 Å². The molecular weight excluding hydrogens is 761 g/mol. The first-order valence-electron chi connectivity index (χ1n) is 18.6. The van der Waals surface area contributed by atoms with Gasteiger partial charge < -0.3 is 14.8 Å². The van der Waals surface area contributed by atoms with E-state index in [-0.39, 0.29) is 16.8 Å². The number of carbonyl (C=O) groups is 1. The summed E-state index contributed by atoms with van der Waals surface area (Å²) in [6.45, 7) is 3.85. The third-order valence-corrected chi connectivity index (χ3v) is 14.3. The zero-order chi connectivity index (χ0) is 38.4. The molecule has 4 heterocycles. The molecule has 0 aliphatic carbocycles. The molecular formula is C44H38N4O5S3. The Kier molecular flexibility index (Phi) is 9.76. The molecule has 282 valence electrons. The van der Waals surface area contributed by atoms with Gasteiger partial charge in [0.15, 0.2) is 10.9 Å². The van der Waals surface area contributed by atoms with E-state index in [0.717, 1.165) is 57.8 Å². The Balaban J connectivity index is 1.11. The van der Waals surface area contributed by atoms with Gasteiger partial charge in [0.1, 0.15) is 17.6 Å². The van der Waals surface area contributed by atoms with E-state index in [4.69, 9.17) is 19.4 Å². The Morgan fingerprint density at radius 3 is 2.34 bits per heavy atom. The number of rotatable bonds is 10. The van der Waals surface area contributed by atoms with Crippen LogP contribution in [-0.2, 0) is 26.0 Å². The summed E-state index contributed by atoms with van der Waals surface area (Å²) in [6, 6.07) is 35.4. The number of benzene rings is 5. The van der Waals surface area contributed by atoms with Crippen LogP contribution in [0.1, 0.15) is 42.8 Å². The van der Waals surface area contributed by atoms with Crippen molar-refractivity contribution in [3.8, 4) is 11.5 Å². The number of nitrogens with zero attached hydrogens (tertiary/aromatic N) is 3. The van der Waals surface area contributed by atoms with Crippen molar-refractivity contribution in [3.63, 3.8) is 0 Å². The van der Waals surface area contributed by atoms with Crippen LogP contribution in [0.4, 0.5) is 10.8 Å². The first-order valence-corrected chi connectivity index (χ1v) is 21.7. The molecule has 2 aromatic heterocycles. The summed E-state index contributed by atoms with van der Waals surface area (Å²) in [5, 5.41) is 7.02. The molecule has 1 saturated heterocycles. The number of aromatic nitrogens is 2. The zero-order valence-corrected chi connectivity index (χ0v) is 33.2. The highest BCUT2D eigenvalue weighted by Crippen LogP contribution is 2.41. The minimum atomic E-state index is -3.92. The van der Waals surface area contributed by atoms with Crippen molar-refractivity contribution in [2.24, 2.45) is 0 Å². The zero-order valence-electron chi connectivity index (χ0n) is 30.8. The van der Waals surface area contributed by atoms with Crippen LogP contribution in [0.5, 0.6) is 11.5 Å². The van der Waals surface area contributed by atoms with Crippen LogP contribution in [0.25, 0.3) is 32.1 Å². The summed E-state index contributed by atoms with van der Waals surface area (Å²) in [5.74, 6) is 1.19. The number of thiazole rings is 2. The number of ether oxygens (including phenoxy) is 2. The van der Waals surface area contributed by atoms with E-state index < -0.39 is 16.1 Å². The summed E-state index contributed by atoms with van der Waals surface area (Å²) in [6.07, 6.45) is 3.13. The minimum Gasteiger partial charge on any atom is -0.456 e. The van der Waals surface area contributed by atoms with Crippen molar-refractivity contribution >= 4 is 81.4 Å². The number of Topliss-reactive ketones (excluding diaryl/α,β-unsaturated/α-hetero) is 1. The SMILES string of the molecule is CC(=O)C(C)OC1CCN(S(=O)(=O)c2ccccc2C2=c3cc/c(=C\Cc4nc5ccccc5s4)cc3Oc3cc(Nc4nc5ccccc5s4)ccc32)CC1. The topological polar surface area (TPSA) is 111 Å². The van der Waals surface area contributed by atoms with Crippen molar-refractivity contribution in [1.82, 2.24) is 14.3 Å². The lowest BCUT2D eigenvalue weighted by atomic mass is 9.92. The molecule has 2 aliphatic rings. The highest BCUT2D eigenvalue weighted by Gasteiger charge is 2.34. The highest BCUT2D eigenvalue weighted by atomic mass is 32.2. The number of para-hydroxylation sites is 2. The van der Waals surface area contributed by atoms with E-state index in [9.17, 15) is 13.2 Å². The molecule has 5 aromatic carbocycles. The van der Waals surface area contributed by atoms with Gasteiger partial charge in [-0.25, -0.2) is 18.4 Å². The number of anilines is 2. The number of nitrogens with one attached hydrogen (secondary N) is 1. The summed E-state index contributed by atoms with van der Waals surface area (Å²) >= 11 is 3.26. The summed E-state index contributed by atoms with van der Waals surface area (Å²) in [4.78, 5) is 21.6. The fourth-order valence-electron chi connectivity index (χ4n) is 7.29. The molecule has 0 spiro atoms. The second kappa shape index (κ2) is 15.0. The van der Waals surface area contributed by atoms with Gasteiger partial charge in [-0.05, 0) is 86.5 Å². The number of hydrogen-bond acceptors (Lipinski definition) is 10. The van der Waals surface area contributed by atoms with Crippen molar-refractivity contribution in [3.05, 3.63) is 136 Å². The fourth-order valence-corrected chi connectivity index (χ4v) is 10.8. The van der Waals surface area contributed by atoms with Crippen LogP contribution in [0, 0.1) is 0 Å². The van der Waals surface area contributed by atoms with Gasteiger partial charge in [-0.1, -0.05) is 65.9 Å². The average Bonchev–Trinajstić information content (AvgIpc) is 3.82. The van der Waals surface area contributed by atoms with Crippen LogP contribution in [0.2, 0.25) is 0 Å². The van der Waals surface area contributed by atoms with Crippen LogP contribution in [0.3, 0.4) is 0 Å². The maximum Gasteiger partial charge on any atom is 0.243 e. The smallest absolute Gasteiger partial charge is 0.243 e. The van der Waals surface area contributed by atoms with Gasteiger partial charge >= 0.3 is 0 Å². The van der Waals surface area contributed by atoms with Gasteiger partial charge in [0.2, 0.25) is 10.0 Å². The molecule has 7 aromatic rings. The van der Waals surface area contributed by atoms with E-state index in [0.29, 0.717) is 49.4 Å². The predicted octanol–water partition coefficient (Wildman–Crippen LogP) is 8.17. The third kappa shape index (κ3) is 7.15. The molecule has 9 rings (SSSR count). The van der Waals surface area contributed by atoms with Crippen molar-refractivity contribution in [2.75, 3.05) is 18.4 Å². The molecule has 0 radical (unpaired) electrons. The fraction of sp³-hybridized carbons (Fsp3) is 0.205. The Labute approximate surface area is 332 Å². The van der Waals surface area contributed by atoms with E-state index in [2.05, 4.69) is 17.5 Å². The van der Waals surface area contributed by atoms with Gasteiger partial charge in [0.05, 0.1) is 36.4 Å². The number of ketones is 1. The normalized spacial score (nSPS) is 15.8. The summed E-state index contributed by atoms with van der Waals surface area (Å²) < 4.78 is 45.5. The van der Waals surface area contributed by atoms with Crippen molar-refractivity contribution < 1.29 is 22.7 Å². The second-order valence-electron chi connectivity index (χ2n) is 14.0. The number of fused-ring (bicyclic) bond motifs is 4. The summed E-state index contributed by atoms with van der Waals surface area (Å²) in [7, 11) is -3.92. The predicted molar refractivity (Wildman–Crippen MR) is 224 cm³/mol. The lowest BCUT2D eigenvalue weighted by molar-refractivity contribution is -0.132. The van der Waals surface area contributed by atoms with E-state index >= 15 is 0 Å². The number of piperidine rings is 1. The largest absolute Gasteiger partial charge is 0.456 e. The number of carbonyl (C=O) groups excluding carboxylic acids is 1. The lowest BCUT2D eigenvalue weighted by Crippen LogP contribution is -2.42. The molecule has 56 heavy (non-hydrogen) atoms. The maximum atomic E-state index is 14.5. The third-order valence-electron chi connectivity index (χ3n) is 10.3. The van der Waals surface area contributed by atoms with Crippen LogP contribution in [-0.4, -0.2) is 53.8 Å². The van der Waals surface area contributed by atoms with Crippen LogP contribution < -0.4 is 20.5 Å². The van der Waals surface area contributed by atoms with Crippen molar-refractivity contribution in [2.45, 2.75) is 50.2 Å². The molecule has 1 unspecified atom stereocenters. The highest BCUT2D eigenvalue weighted by molar-refractivity contribution is 7.89. The minimum absolute atomic E-state index is 0.0408. The Morgan fingerprint density at radius 1 is 0.875 bits per heavy atom. The number of hydrogen-bond donors (Lipinski definition) is 1. The summed E-state index contributed by atoms with van der Waals surface area (Å²) in [5.41, 5.74) is 4.88.